The minimum absolute atomic E-state index is 0.783. The summed E-state index contributed by atoms with van der Waals surface area (Å²) in [5, 5.41) is 5.98. The molecule has 0 saturated carbocycles. The molecule has 2 aromatic carbocycles. The van der Waals surface area contributed by atoms with E-state index >= 15 is 0 Å². The van der Waals surface area contributed by atoms with Gasteiger partial charge in [0.1, 0.15) is 0 Å². The molecule has 2 nitrogen and oxygen atoms in total. The van der Waals surface area contributed by atoms with Gasteiger partial charge in [0.05, 0.1) is 0 Å². The van der Waals surface area contributed by atoms with Gasteiger partial charge in [0.2, 0.25) is 0 Å². The van der Waals surface area contributed by atoms with Crippen LogP contribution < -0.4 is 15.3 Å². The molecule has 2 aromatic heterocycles. The van der Waals surface area contributed by atoms with E-state index < -0.39 is 36.8 Å². The predicted molar refractivity (Wildman–Crippen MR) is 300 cm³/mol. The summed E-state index contributed by atoms with van der Waals surface area (Å²) in [5.74, 6) is 2.00. The topological polar surface area (TPSA) is 18.5 Å². The fraction of sp³-hybridized carbons (Fsp3) is 0.759. The first-order valence-electron chi connectivity index (χ1n) is 28.1. The SMILES string of the molecule is CCCCCCCCCCOc1cc2c(cc1OCCCCCCCCCC)c1c[c]([Sn]([CH2]CCC)([CH2]CCC)[CH2]CCC)sc1c1s[c]([Sn]([CH2]CCC)([CH2]CCC)[CH2]CCC)cc21. The Bertz CT molecular complexity index is 1650. The Balaban J connectivity index is 1.91. The van der Waals surface area contributed by atoms with Crippen molar-refractivity contribution in [3.05, 3.63) is 24.3 Å². The molecule has 0 fully saturated rings. The Kier molecular flexibility index (Phi) is 28.7. The summed E-state index contributed by atoms with van der Waals surface area (Å²) in [6, 6.07) is 10.6. The summed E-state index contributed by atoms with van der Waals surface area (Å²) in [6.45, 7) is 20.8. The zero-order chi connectivity index (χ0) is 45.9. The average molecular weight is 1130 g/mol. The number of benzene rings is 2. The van der Waals surface area contributed by atoms with E-state index in [0.29, 0.717) is 0 Å². The van der Waals surface area contributed by atoms with Crippen LogP contribution in [0.4, 0.5) is 0 Å². The molecule has 0 aliphatic rings. The van der Waals surface area contributed by atoms with Crippen molar-refractivity contribution < 1.29 is 9.47 Å². The zero-order valence-corrected chi connectivity index (χ0v) is 50.7. The Morgan fingerprint density at radius 3 is 0.859 bits per heavy atom. The third-order valence-corrected chi connectivity index (χ3v) is 53.8. The van der Waals surface area contributed by atoms with E-state index in [1.807, 2.05) is 5.79 Å². The number of rotatable bonds is 40. The maximum atomic E-state index is 6.91. The zero-order valence-electron chi connectivity index (χ0n) is 43.4. The molecule has 0 amide bonds. The first-order valence-corrected chi connectivity index (χ1v) is 44.7. The molecule has 0 aliphatic heterocycles. The Morgan fingerprint density at radius 1 is 0.312 bits per heavy atom. The van der Waals surface area contributed by atoms with E-state index in [9.17, 15) is 0 Å². The van der Waals surface area contributed by atoms with E-state index in [0.717, 1.165) is 37.6 Å². The average Bonchev–Trinajstić information content (AvgIpc) is 3.97. The number of unbranched alkanes of at least 4 members (excludes halogenated alkanes) is 20. The second-order valence-corrected chi connectivity index (χ2v) is 50.8. The van der Waals surface area contributed by atoms with Crippen LogP contribution in [-0.4, -0.2) is 50.0 Å². The van der Waals surface area contributed by atoms with Crippen LogP contribution in [0.1, 0.15) is 235 Å². The van der Waals surface area contributed by atoms with Gasteiger partial charge in [-0.15, -0.1) is 0 Å². The van der Waals surface area contributed by atoms with E-state index in [-0.39, 0.29) is 0 Å². The first-order chi connectivity index (χ1) is 31.4. The molecule has 6 heteroatoms. The van der Waals surface area contributed by atoms with Crippen molar-refractivity contribution in [3.8, 4) is 11.5 Å². The van der Waals surface area contributed by atoms with Crippen molar-refractivity contribution in [2.24, 2.45) is 0 Å². The summed E-state index contributed by atoms with van der Waals surface area (Å²) in [7, 11) is 0. The third-order valence-electron chi connectivity index (χ3n) is 14.9. The maximum absolute atomic E-state index is 6.91. The number of hydrogen-bond acceptors (Lipinski definition) is 4. The molecule has 4 aromatic rings. The number of fused-ring (bicyclic) bond motifs is 6. The van der Waals surface area contributed by atoms with Gasteiger partial charge in [-0.2, -0.15) is 0 Å². The van der Waals surface area contributed by atoms with Gasteiger partial charge in [0.25, 0.3) is 0 Å². The Labute approximate surface area is 412 Å². The van der Waals surface area contributed by atoms with Crippen LogP contribution in [0.2, 0.25) is 26.6 Å². The van der Waals surface area contributed by atoms with Crippen molar-refractivity contribution in [1.82, 2.24) is 0 Å². The fourth-order valence-electron chi connectivity index (χ4n) is 10.7. The number of thiophene rings is 2. The van der Waals surface area contributed by atoms with Crippen molar-refractivity contribution in [2.45, 2.75) is 262 Å². The quantitative estimate of drug-likeness (QED) is 0.0326. The molecule has 64 heavy (non-hydrogen) atoms. The summed E-state index contributed by atoms with van der Waals surface area (Å²) in [4.78, 5) is 0. The van der Waals surface area contributed by atoms with E-state index in [1.54, 1.807) is 20.2 Å². The summed E-state index contributed by atoms with van der Waals surface area (Å²) in [6.07, 6.45) is 37.5. The molecule has 0 aliphatic carbocycles. The number of hydrogen-bond donors (Lipinski definition) is 0. The van der Waals surface area contributed by atoms with Gasteiger partial charge in [-0.05, 0) is 0 Å². The first kappa shape index (κ1) is 56.4. The van der Waals surface area contributed by atoms with Gasteiger partial charge in [-0.1, -0.05) is 65.2 Å². The van der Waals surface area contributed by atoms with Crippen LogP contribution >= 0.6 is 22.7 Å². The molecule has 0 bridgehead atoms. The summed E-state index contributed by atoms with van der Waals surface area (Å²) in [5.41, 5.74) is 0. The van der Waals surface area contributed by atoms with Gasteiger partial charge < -0.3 is 0 Å². The molecule has 2 heterocycles. The number of ether oxygens (including phenoxy) is 2. The Hall–Kier alpha value is -0.183. The van der Waals surface area contributed by atoms with Gasteiger partial charge in [0.15, 0.2) is 0 Å². The van der Waals surface area contributed by atoms with E-state index in [2.05, 4.69) is 102 Å². The van der Waals surface area contributed by atoms with Crippen molar-refractivity contribution in [3.63, 3.8) is 0 Å². The van der Waals surface area contributed by atoms with Crippen LogP contribution in [0.25, 0.3) is 30.9 Å². The van der Waals surface area contributed by atoms with E-state index in [1.165, 1.54) is 204 Å². The second kappa shape index (κ2) is 32.6. The minimum atomic E-state index is -2.71. The van der Waals surface area contributed by atoms with Gasteiger partial charge >= 0.3 is 351 Å². The summed E-state index contributed by atoms with van der Waals surface area (Å²) < 4.78 is 30.0. The van der Waals surface area contributed by atoms with Gasteiger partial charge in [-0.25, -0.2) is 0 Å². The van der Waals surface area contributed by atoms with Crippen LogP contribution in [0, 0.1) is 0 Å². The van der Waals surface area contributed by atoms with Crippen LogP contribution in [0.5, 0.6) is 11.5 Å². The molecule has 0 radical (unpaired) electrons. The van der Waals surface area contributed by atoms with Crippen LogP contribution in [0.15, 0.2) is 24.3 Å². The summed E-state index contributed by atoms with van der Waals surface area (Å²) >= 11 is -0.817. The van der Waals surface area contributed by atoms with Crippen molar-refractivity contribution in [1.29, 1.82) is 0 Å². The predicted octanol–water partition coefficient (Wildman–Crippen LogP) is 20.4. The van der Waals surface area contributed by atoms with Crippen molar-refractivity contribution in [2.75, 3.05) is 13.2 Å². The molecule has 4 rings (SSSR count). The molecule has 0 atom stereocenters. The molecular formula is C58H100O2S2Sn2. The van der Waals surface area contributed by atoms with Crippen LogP contribution in [0.3, 0.4) is 0 Å². The second-order valence-electron chi connectivity index (χ2n) is 20.4. The van der Waals surface area contributed by atoms with Gasteiger partial charge in [-0.3, -0.25) is 0 Å². The molecule has 0 N–H and O–H groups in total. The standard InChI is InChI=1S/C34H46O2S2.6C4H9.2Sn/c1-3-5-7-9-11-13-15-17-21-35-31-25-29-27-19-23-37-33(27)34-28(20-24-38-34)30(29)26-32(31)36-22-18-16-14-12-10-8-6-4-2;6*1-3-4-2;;/h19-20,25-26H,3-18,21-22H2,1-2H3;6*1,3-4H2,2H3;;. The molecule has 0 spiro atoms. The van der Waals surface area contributed by atoms with Crippen molar-refractivity contribution >= 4 is 96.2 Å². The molecule has 364 valence electrons. The molecular weight excluding hydrogens is 1030 g/mol. The molecule has 0 saturated heterocycles. The Morgan fingerprint density at radius 2 is 0.578 bits per heavy atom. The monoisotopic (exact) mass is 1130 g/mol. The third kappa shape index (κ3) is 17.0. The fourth-order valence-corrected chi connectivity index (χ4v) is 51.4. The van der Waals surface area contributed by atoms with Crippen LogP contribution in [-0.2, 0) is 0 Å². The van der Waals surface area contributed by atoms with Gasteiger partial charge in [0, 0.05) is 0 Å². The molecule has 0 unspecified atom stereocenters. The normalized spacial score (nSPS) is 12.4. The van der Waals surface area contributed by atoms with E-state index in [4.69, 9.17) is 9.47 Å².